The molecule has 2 fully saturated rings. The second-order valence-corrected chi connectivity index (χ2v) is 6.87. The van der Waals surface area contributed by atoms with Crippen molar-refractivity contribution in [2.75, 3.05) is 0 Å². The lowest BCUT2D eigenvalue weighted by atomic mass is 9.84. The fraction of sp³-hybridized carbons (Fsp3) is 0.611. The number of ether oxygens (including phenoxy) is 1. The van der Waals surface area contributed by atoms with Gasteiger partial charge in [-0.2, -0.15) is 13.2 Å². The predicted molar refractivity (Wildman–Crippen MR) is 82.2 cm³/mol. The molecule has 0 unspecified atom stereocenters. The highest BCUT2D eigenvalue weighted by atomic mass is 19.4. The lowest BCUT2D eigenvalue weighted by Gasteiger charge is -2.37. The zero-order valence-corrected chi connectivity index (χ0v) is 13.4. The van der Waals surface area contributed by atoms with Crippen molar-refractivity contribution in [3.63, 3.8) is 0 Å². The molecule has 0 spiro atoms. The molecular formula is C18H21F3O3. The van der Waals surface area contributed by atoms with E-state index in [1.807, 2.05) is 0 Å². The summed E-state index contributed by atoms with van der Waals surface area (Å²) in [4.78, 5) is 11.2. The SMILES string of the molecule is O=C(O)c1ccc(C(F)(F)F)c(OC2(C3CCCC3)CCCC2)c1. The smallest absolute Gasteiger partial charge is 0.419 e. The summed E-state index contributed by atoms with van der Waals surface area (Å²) in [7, 11) is 0. The molecule has 0 aliphatic heterocycles. The Labute approximate surface area is 138 Å². The van der Waals surface area contributed by atoms with Crippen LogP contribution in [0.3, 0.4) is 0 Å². The van der Waals surface area contributed by atoms with Crippen molar-refractivity contribution in [2.45, 2.75) is 63.1 Å². The number of carbonyl (C=O) groups is 1. The van der Waals surface area contributed by atoms with Gasteiger partial charge in [-0.15, -0.1) is 0 Å². The van der Waals surface area contributed by atoms with Crippen LogP contribution in [0.5, 0.6) is 5.75 Å². The number of halogens is 3. The number of benzene rings is 1. The van der Waals surface area contributed by atoms with E-state index in [1.165, 1.54) is 0 Å². The highest BCUT2D eigenvalue weighted by Gasteiger charge is 2.46. The van der Waals surface area contributed by atoms with Crippen molar-refractivity contribution in [3.8, 4) is 5.75 Å². The van der Waals surface area contributed by atoms with E-state index >= 15 is 0 Å². The Bertz CT molecular complexity index is 612. The number of hydrogen-bond donors (Lipinski definition) is 1. The number of carboxylic acids is 1. The molecule has 1 N–H and O–H groups in total. The first-order valence-corrected chi connectivity index (χ1v) is 8.45. The van der Waals surface area contributed by atoms with Crippen LogP contribution in [0.2, 0.25) is 0 Å². The minimum absolute atomic E-state index is 0.183. The molecular weight excluding hydrogens is 321 g/mol. The van der Waals surface area contributed by atoms with Crippen molar-refractivity contribution >= 4 is 5.97 Å². The molecule has 1 aromatic carbocycles. The van der Waals surface area contributed by atoms with E-state index < -0.39 is 23.3 Å². The van der Waals surface area contributed by atoms with Gasteiger partial charge >= 0.3 is 12.1 Å². The molecule has 0 atom stereocenters. The minimum Gasteiger partial charge on any atom is -0.486 e. The monoisotopic (exact) mass is 342 g/mol. The molecule has 0 bridgehead atoms. The van der Waals surface area contributed by atoms with E-state index in [4.69, 9.17) is 9.84 Å². The van der Waals surface area contributed by atoms with Crippen LogP contribution < -0.4 is 4.74 Å². The highest BCUT2D eigenvalue weighted by Crippen LogP contribution is 2.48. The third kappa shape index (κ3) is 3.23. The van der Waals surface area contributed by atoms with Crippen molar-refractivity contribution in [2.24, 2.45) is 5.92 Å². The Morgan fingerprint density at radius 1 is 1.12 bits per heavy atom. The van der Waals surface area contributed by atoms with Gasteiger partial charge in [-0.25, -0.2) is 4.79 Å². The number of aromatic carboxylic acids is 1. The average Bonchev–Trinajstić information content (AvgIpc) is 3.17. The number of carboxylic acid groups (broad SMARTS) is 1. The van der Waals surface area contributed by atoms with Crippen LogP contribution in [0.1, 0.15) is 67.3 Å². The Morgan fingerprint density at radius 2 is 1.75 bits per heavy atom. The van der Waals surface area contributed by atoms with Crippen LogP contribution in [0, 0.1) is 5.92 Å². The van der Waals surface area contributed by atoms with Gasteiger partial charge in [0.15, 0.2) is 0 Å². The fourth-order valence-electron chi connectivity index (χ4n) is 4.21. The third-order valence-corrected chi connectivity index (χ3v) is 5.40. The first-order chi connectivity index (χ1) is 11.3. The predicted octanol–water partition coefficient (Wildman–Crippen LogP) is 5.29. The lowest BCUT2D eigenvalue weighted by molar-refractivity contribution is -0.140. The maximum atomic E-state index is 13.3. The Kier molecular flexibility index (Phi) is 4.49. The number of hydrogen-bond acceptors (Lipinski definition) is 2. The van der Waals surface area contributed by atoms with Crippen molar-refractivity contribution < 1.29 is 27.8 Å². The molecule has 6 heteroatoms. The molecule has 2 aliphatic rings. The molecule has 132 valence electrons. The van der Waals surface area contributed by atoms with Gasteiger partial charge in [0.1, 0.15) is 11.4 Å². The van der Waals surface area contributed by atoms with E-state index in [1.54, 1.807) is 0 Å². The second kappa shape index (κ2) is 6.30. The number of alkyl halides is 3. The van der Waals surface area contributed by atoms with Crippen molar-refractivity contribution in [3.05, 3.63) is 29.3 Å². The van der Waals surface area contributed by atoms with Gasteiger partial charge in [-0.05, 0) is 62.6 Å². The Hall–Kier alpha value is -1.72. The van der Waals surface area contributed by atoms with E-state index in [0.717, 1.165) is 69.6 Å². The largest absolute Gasteiger partial charge is 0.486 e. The zero-order valence-electron chi connectivity index (χ0n) is 13.4. The standard InChI is InChI=1S/C18H21F3O3/c19-18(20,21)14-8-7-12(16(22)23)11-15(14)24-17(9-3-4-10-17)13-5-1-2-6-13/h7-8,11,13H,1-6,9-10H2,(H,22,23). The number of rotatable bonds is 4. The highest BCUT2D eigenvalue weighted by molar-refractivity contribution is 5.88. The van der Waals surface area contributed by atoms with Crippen LogP contribution >= 0.6 is 0 Å². The van der Waals surface area contributed by atoms with Gasteiger partial charge < -0.3 is 9.84 Å². The van der Waals surface area contributed by atoms with Gasteiger partial charge in [-0.3, -0.25) is 0 Å². The molecule has 0 saturated heterocycles. The summed E-state index contributed by atoms with van der Waals surface area (Å²) in [6.45, 7) is 0. The molecule has 3 rings (SSSR count). The van der Waals surface area contributed by atoms with Crippen LogP contribution in [-0.2, 0) is 6.18 Å². The molecule has 2 saturated carbocycles. The average molecular weight is 342 g/mol. The van der Waals surface area contributed by atoms with Gasteiger partial charge in [0.25, 0.3) is 0 Å². The van der Waals surface area contributed by atoms with Crippen LogP contribution in [0.4, 0.5) is 13.2 Å². The molecule has 3 nitrogen and oxygen atoms in total. The quantitative estimate of drug-likeness (QED) is 0.809. The summed E-state index contributed by atoms with van der Waals surface area (Å²) in [6, 6.07) is 2.82. The summed E-state index contributed by atoms with van der Waals surface area (Å²) < 4.78 is 46.0. The van der Waals surface area contributed by atoms with Crippen LogP contribution in [0.15, 0.2) is 18.2 Å². The van der Waals surface area contributed by atoms with Crippen LogP contribution in [-0.4, -0.2) is 16.7 Å². The van der Waals surface area contributed by atoms with Gasteiger partial charge in [-0.1, -0.05) is 12.8 Å². The van der Waals surface area contributed by atoms with Crippen molar-refractivity contribution in [1.82, 2.24) is 0 Å². The summed E-state index contributed by atoms with van der Waals surface area (Å²) >= 11 is 0. The lowest BCUT2D eigenvalue weighted by Crippen LogP contribution is -2.40. The summed E-state index contributed by atoms with van der Waals surface area (Å²) in [5, 5.41) is 9.10. The normalized spacial score (nSPS) is 21.1. The second-order valence-electron chi connectivity index (χ2n) is 6.87. The third-order valence-electron chi connectivity index (χ3n) is 5.40. The van der Waals surface area contributed by atoms with Gasteiger partial charge in [0.05, 0.1) is 11.1 Å². The molecule has 0 radical (unpaired) electrons. The molecule has 0 aromatic heterocycles. The molecule has 24 heavy (non-hydrogen) atoms. The topological polar surface area (TPSA) is 46.5 Å². The van der Waals surface area contributed by atoms with Gasteiger partial charge in [0.2, 0.25) is 0 Å². The first-order valence-electron chi connectivity index (χ1n) is 8.45. The fourth-order valence-corrected chi connectivity index (χ4v) is 4.21. The van der Waals surface area contributed by atoms with Gasteiger partial charge in [0, 0.05) is 0 Å². The van der Waals surface area contributed by atoms with Crippen molar-refractivity contribution in [1.29, 1.82) is 0 Å². The van der Waals surface area contributed by atoms with Crippen LogP contribution in [0.25, 0.3) is 0 Å². The molecule has 1 aromatic rings. The van der Waals surface area contributed by atoms with E-state index in [-0.39, 0.29) is 17.2 Å². The molecule has 0 amide bonds. The maximum absolute atomic E-state index is 13.3. The molecule has 2 aliphatic carbocycles. The maximum Gasteiger partial charge on any atom is 0.419 e. The van der Waals surface area contributed by atoms with E-state index in [9.17, 15) is 18.0 Å². The summed E-state index contributed by atoms with van der Waals surface area (Å²) in [5.74, 6) is -1.33. The van der Waals surface area contributed by atoms with E-state index in [2.05, 4.69) is 0 Å². The zero-order chi connectivity index (χ0) is 17.4. The van der Waals surface area contributed by atoms with E-state index in [0.29, 0.717) is 0 Å². The molecule has 0 heterocycles. The Morgan fingerprint density at radius 3 is 2.29 bits per heavy atom. The summed E-state index contributed by atoms with van der Waals surface area (Å²) in [5.41, 5.74) is -1.65. The Balaban J connectivity index is 1.99. The minimum atomic E-state index is -4.57. The first kappa shape index (κ1) is 17.1. The summed E-state index contributed by atoms with van der Waals surface area (Å²) in [6.07, 6.45) is 2.90.